The van der Waals surface area contributed by atoms with Gasteiger partial charge < -0.3 is 15.7 Å². The molecule has 132 valence electrons. The Bertz CT molecular complexity index is 743. The van der Waals surface area contributed by atoms with Crippen molar-refractivity contribution in [3.8, 4) is 0 Å². The second-order valence-electron chi connectivity index (χ2n) is 6.11. The molecule has 0 saturated carbocycles. The minimum atomic E-state index is -0.924. The first-order valence-electron chi connectivity index (χ1n) is 8.42. The van der Waals surface area contributed by atoms with Crippen molar-refractivity contribution in [2.24, 2.45) is 5.92 Å². The second-order valence-corrected chi connectivity index (χ2v) is 6.11. The third-order valence-electron chi connectivity index (χ3n) is 4.09. The fourth-order valence-electron chi connectivity index (χ4n) is 2.38. The van der Waals surface area contributed by atoms with Crippen LogP contribution in [-0.2, 0) is 17.9 Å². The number of benzene rings is 2. The highest BCUT2D eigenvalue weighted by atomic mass is 16.4. The molecular formula is C20H24N2O3. The Kier molecular flexibility index (Phi) is 6.71. The molecule has 1 atom stereocenters. The van der Waals surface area contributed by atoms with Crippen LogP contribution in [0, 0.1) is 5.92 Å². The van der Waals surface area contributed by atoms with Crippen LogP contribution < -0.4 is 10.6 Å². The van der Waals surface area contributed by atoms with E-state index in [0.29, 0.717) is 13.1 Å². The third-order valence-corrected chi connectivity index (χ3v) is 4.09. The number of hydrogen-bond acceptors (Lipinski definition) is 3. The molecule has 0 spiro atoms. The summed E-state index contributed by atoms with van der Waals surface area (Å²) < 4.78 is 0. The maximum Gasteiger partial charge on any atom is 0.335 e. The molecule has 1 unspecified atom stereocenters. The lowest BCUT2D eigenvalue weighted by molar-refractivity contribution is -0.119. The van der Waals surface area contributed by atoms with E-state index < -0.39 is 5.97 Å². The molecule has 0 bridgehead atoms. The molecule has 0 radical (unpaired) electrons. The lowest BCUT2D eigenvalue weighted by Crippen LogP contribution is -2.20. The molecule has 0 fully saturated rings. The number of nitrogens with one attached hydrogen (secondary N) is 2. The highest BCUT2D eigenvalue weighted by molar-refractivity contribution is 5.92. The number of carboxylic acids is 1. The first-order chi connectivity index (χ1) is 12.0. The summed E-state index contributed by atoms with van der Waals surface area (Å²) in [6, 6.07) is 14.6. The van der Waals surface area contributed by atoms with Crippen LogP contribution in [-0.4, -0.2) is 17.0 Å². The van der Waals surface area contributed by atoms with Gasteiger partial charge in [0.2, 0.25) is 5.91 Å². The molecule has 0 aliphatic carbocycles. The van der Waals surface area contributed by atoms with Crippen molar-refractivity contribution in [2.45, 2.75) is 33.4 Å². The Labute approximate surface area is 148 Å². The van der Waals surface area contributed by atoms with Gasteiger partial charge in [0, 0.05) is 24.7 Å². The summed E-state index contributed by atoms with van der Waals surface area (Å²) in [5, 5.41) is 15.2. The van der Waals surface area contributed by atoms with Gasteiger partial charge in [0.1, 0.15) is 0 Å². The molecule has 0 heterocycles. The maximum atomic E-state index is 12.0. The van der Waals surface area contributed by atoms with Crippen LogP contribution in [0.2, 0.25) is 0 Å². The van der Waals surface area contributed by atoms with E-state index in [4.69, 9.17) is 5.11 Å². The van der Waals surface area contributed by atoms with Crippen molar-refractivity contribution in [2.75, 3.05) is 5.32 Å². The average Bonchev–Trinajstić information content (AvgIpc) is 2.61. The number of anilines is 1. The van der Waals surface area contributed by atoms with Crippen LogP contribution in [0.15, 0.2) is 48.5 Å². The number of carbonyl (C=O) groups is 2. The zero-order valence-corrected chi connectivity index (χ0v) is 14.6. The summed E-state index contributed by atoms with van der Waals surface area (Å²) in [7, 11) is 0. The first-order valence-corrected chi connectivity index (χ1v) is 8.42. The summed E-state index contributed by atoms with van der Waals surface area (Å²) in [4.78, 5) is 23.0. The molecule has 5 heteroatoms. The van der Waals surface area contributed by atoms with E-state index in [2.05, 4.69) is 10.6 Å². The number of carbonyl (C=O) groups excluding carboxylic acids is 1. The van der Waals surface area contributed by atoms with Crippen molar-refractivity contribution in [3.63, 3.8) is 0 Å². The van der Waals surface area contributed by atoms with E-state index in [0.717, 1.165) is 23.2 Å². The lowest BCUT2D eigenvalue weighted by atomic mass is 10.1. The van der Waals surface area contributed by atoms with Crippen molar-refractivity contribution >= 4 is 17.6 Å². The smallest absolute Gasteiger partial charge is 0.335 e. The minimum Gasteiger partial charge on any atom is -0.478 e. The molecular weight excluding hydrogens is 316 g/mol. The minimum absolute atomic E-state index is 0.0108. The van der Waals surface area contributed by atoms with Gasteiger partial charge in [-0.1, -0.05) is 38.1 Å². The predicted molar refractivity (Wildman–Crippen MR) is 98.5 cm³/mol. The summed E-state index contributed by atoms with van der Waals surface area (Å²) in [6.07, 6.45) is 0.808. The normalized spacial score (nSPS) is 11.8. The largest absolute Gasteiger partial charge is 0.478 e. The molecule has 0 aliphatic heterocycles. The maximum absolute atomic E-state index is 12.0. The third kappa shape index (κ3) is 5.72. The zero-order valence-electron chi connectivity index (χ0n) is 14.6. The SMILES string of the molecule is CCC(C)C(=O)Nc1cccc(CNCc2cccc(C(=O)O)c2)c1. The van der Waals surface area contributed by atoms with Crippen LogP contribution in [0.3, 0.4) is 0 Å². The Hall–Kier alpha value is -2.66. The number of rotatable bonds is 8. The standard InChI is InChI=1S/C20H24N2O3/c1-3-14(2)19(23)22-18-9-5-7-16(11-18)13-21-12-15-6-4-8-17(10-15)20(24)25/h4-11,14,21H,3,12-13H2,1-2H3,(H,22,23)(H,24,25). The number of hydrogen-bond donors (Lipinski definition) is 3. The summed E-state index contributed by atoms with van der Waals surface area (Å²) in [6.45, 7) is 5.10. The van der Waals surface area contributed by atoms with Crippen molar-refractivity contribution in [3.05, 3.63) is 65.2 Å². The van der Waals surface area contributed by atoms with E-state index in [1.807, 2.05) is 44.2 Å². The van der Waals surface area contributed by atoms with E-state index >= 15 is 0 Å². The predicted octanol–water partition coefficient (Wildman–Crippen LogP) is 3.66. The highest BCUT2D eigenvalue weighted by Crippen LogP contribution is 2.13. The molecule has 2 aromatic carbocycles. The molecule has 1 amide bonds. The molecule has 2 rings (SSSR count). The second kappa shape index (κ2) is 8.99. The molecule has 3 N–H and O–H groups in total. The fraction of sp³-hybridized carbons (Fsp3) is 0.300. The van der Waals surface area contributed by atoms with Crippen molar-refractivity contribution in [1.82, 2.24) is 5.32 Å². The van der Waals surface area contributed by atoms with Gasteiger partial charge in [-0.3, -0.25) is 4.79 Å². The van der Waals surface area contributed by atoms with Gasteiger partial charge in [-0.25, -0.2) is 4.79 Å². The Morgan fingerprint density at radius 2 is 1.68 bits per heavy atom. The summed E-state index contributed by atoms with van der Waals surface area (Å²) in [5.41, 5.74) is 3.05. The topological polar surface area (TPSA) is 78.4 Å². The molecule has 2 aromatic rings. The van der Waals surface area contributed by atoms with Crippen LogP contribution in [0.5, 0.6) is 0 Å². The molecule has 0 aliphatic rings. The van der Waals surface area contributed by atoms with Gasteiger partial charge in [0.15, 0.2) is 0 Å². The van der Waals surface area contributed by atoms with Gasteiger partial charge in [0.25, 0.3) is 0 Å². The Morgan fingerprint density at radius 3 is 2.32 bits per heavy atom. The van der Waals surface area contributed by atoms with Gasteiger partial charge in [0.05, 0.1) is 5.56 Å². The lowest BCUT2D eigenvalue weighted by Gasteiger charge is -2.11. The van der Waals surface area contributed by atoms with E-state index in [1.165, 1.54) is 0 Å². The van der Waals surface area contributed by atoms with Gasteiger partial charge >= 0.3 is 5.97 Å². The zero-order chi connectivity index (χ0) is 18.2. The first kappa shape index (κ1) is 18.7. The van der Waals surface area contributed by atoms with Crippen LogP contribution in [0.1, 0.15) is 41.8 Å². The number of amides is 1. The van der Waals surface area contributed by atoms with Crippen LogP contribution >= 0.6 is 0 Å². The van der Waals surface area contributed by atoms with E-state index in [9.17, 15) is 9.59 Å². The van der Waals surface area contributed by atoms with Crippen LogP contribution in [0.4, 0.5) is 5.69 Å². The molecule has 0 aromatic heterocycles. The summed E-state index contributed by atoms with van der Waals surface area (Å²) >= 11 is 0. The monoisotopic (exact) mass is 340 g/mol. The van der Waals surface area contributed by atoms with E-state index in [-0.39, 0.29) is 17.4 Å². The molecule has 25 heavy (non-hydrogen) atoms. The molecule has 0 saturated heterocycles. The van der Waals surface area contributed by atoms with Crippen molar-refractivity contribution in [1.29, 1.82) is 0 Å². The fourth-order valence-corrected chi connectivity index (χ4v) is 2.38. The quantitative estimate of drug-likeness (QED) is 0.685. The number of aromatic carboxylic acids is 1. The van der Waals surface area contributed by atoms with Crippen LogP contribution in [0.25, 0.3) is 0 Å². The summed E-state index contributed by atoms with van der Waals surface area (Å²) in [5.74, 6) is -0.909. The van der Waals surface area contributed by atoms with E-state index in [1.54, 1.807) is 18.2 Å². The average molecular weight is 340 g/mol. The van der Waals surface area contributed by atoms with Gasteiger partial charge in [-0.2, -0.15) is 0 Å². The molecule has 5 nitrogen and oxygen atoms in total. The Balaban J connectivity index is 1.91. The van der Waals surface area contributed by atoms with Gasteiger partial charge in [-0.15, -0.1) is 0 Å². The highest BCUT2D eigenvalue weighted by Gasteiger charge is 2.10. The Morgan fingerprint density at radius 1 is 1.04 bits per heavy atom. The van der Waals surface area contributed by atoms with Gasteiger partial charge in [-0.05, 0) is 41.8 Å². The van der Waals surface area contributed by atoms with Crippen molar-refractivity contribution < 1.29 is 14.7 Å². The number of carboxylic acid groups (broad SMARTS) is 1.